The third-order valence-corrected chi connectivity index (χ3v) is 5.98. The van der Waals surface area contributed by atoms with Gasteiger partial charge in [0, 0.05) is 31.7 Å². The average molecular weight is 372 g/mol. The van der Waals surface area contributed by atoms with Gasteiger partial charge in [0.2, 0.25) is 5.91 Å². The number of piperazine rings is 1. The third-order valence-electron chi connectivity index (χ3n) is 5.98. The van der Waals surface area contributed by atoms with Crippen LogP contribution < -0.4 is 4.90 Å². The molecule has 1 saturated heterocycles. The predicted octanol–water partition coefficient (Wildman–Crippen LogP) is 3.92. The van der Waals surface area contributed by atoms with Gasteiger partial charge in [-0.3, -0.25) is 9.59 Å². The van der Waals surface area contributed by atoms with E-state index in [0.29, 0.717) is 43.3 Å². The molecule has 2 unspecified atom stereocenters. The van der Waals surface area contributed by atoms with Gasteiger partial charge in [-0.15, -0.1) is 0 Å². The summed E-state index contributed by atoms with van der Waals surface area (Å²) in [6, 6.07) is 4.62. The fourth-order valence-corrected chi connectivity index (χ4v) is 4.17. The second kappa shape index (κ2) is 7.10. The second-order valence-corrected chi connectivity index (χ2v) is 8.60. The minimum absolute atomic E-state index is 0.0140. The number of anilines is 1. The smallest absolute Gasteiger partial charge is 0.226 e. The van der Waals surface area contributed by atoms with Crippen molar-refractivity contribution < 1.29 is 14.0 Å². The molecule has 1 aliphatic carbocycles. The Hall–Kier alpha value is -2.17. The molecule has 1 heterocycles. The summed E-state index contributed by atoms with van der Waals surface area (Å²) in [5.41, 5.74) is 2.14. The molecule has 0 aromatic heterocycles. The summed E-state index contributed by atoms with van der Waals surface area (Å²) in [6.07, 6.45) is 2.21. The van der Waals surface area contributed by atoms with Gasteiger partial charge in [-0.2, -0.15) is 0 Å². The number of carbonyl (C=O) groups excluding carboxylic acids is 2. The van der Waals surface area contributed by atoms with E-state index in [0.717, 1.165) is 0 Å². The largest absolute Gasteiger partial charge is 0.366 e. The van der Waals surface area contributed by atoms with E-state index in [1.165, 1.54) is 18.6 Å². The van der Waals surface area contributed by atoms with Crippen LogP contribution >= 0.6 is 0 Å². The zero-order chi connectivity index (χ0) is 19.9. The number of amides is 1. The minimum atomic E-state index is -0.380. The zero-order valence-corrected chi connectivity index (χ0v) is 16.9. The molecule has 2 fully saturated rings. The van der Waals surface area contributed by atoms with Gasteiger partial charge in [-0.05, 0) is 50.3 Å². The van der Waals surface area contributed by atoms with Crippen molar-refractivity contribution in [2.24, 2.45) is 17.3 Å². The molecule has 27 heavy (non-hydrogen) atoms. The lowest BCUT2D eigenvalue weighted by atomic mass is 10.1. The lowest BCUT2D eigenvalue weighted by Gasteiger charge is -2.36. The summed E-state index contributed by atoms with van der Waals surface area (Å²) >= 11 is 0. The van der Waals surface area contributed by atoms with E-state index >= 15 is 0 Å². The van der Waals surface area contributed by atoms with Crippen molar-refractivity contribution in [1.29, 1.82) is 0 Å². The Morgan fingerprint density at radius 3 is 2.26 bits per heavy atom. The Morgan fingerprint density at radius 2 is 1.74 bits per heavy atom. The maximum Gasteiger partial charge on any atom is 0.226 e. The van der Waals surface area contributed by atoms with E-state index in [9.17, 15) is 14.0 Å². The van der Waals surface area contributed by atoms with Crippen LogP contribution in [-0.4, -0.2) is 42.8 Å². The molecule has 0 N–H and O–H groups in total. The number of rotatable bonds is 4. The Bertz CT molecular complexity index is 788. The fourth-order valence-electron chi connectivity index (χ4n) is 4.17. The van der Waals surface area contributed by atoms with E-state index in [4.69, 9.17) is 0 Å². The predicted molar refractivity (Wildman–Crippen MR) is 105 cm³/mol. The van der Waals surface area contributed by atoms with Gasteiger partial charge >= 0.3 is 0 Å². The number of halogens is 1. The molecule has 146 valence electrons. The number of hydrogen-bond acceptors (Lipinski definition) is 3. The van der Waals surface area contributed by atoms with Crippen LogP contribution in [0.25, 0.3) is 0 Å². The van der Waals surface area contributed by atoms with Gasteiger partial charge in [0.15, 0.2) is 5.78 Å². The van der Waals surface area contributed by atoms with Crippen molar-refractivity contribution in [2.75, 3.05) is 31.1 Å². The van der Waals surface area contributed by atoms with Crippen LogP contribution in [0.5, 0.6) is 0 Å². The maximum absolute atomic E-state index is 14.4. The van der Waals surface area contributed by atoms with Gasteiger partial charge in [-0.25, -0.2) is 4.39 Å². The van der Waals surface area contributed by atoms with Crippen molar-refractivity contribution in [3.63, 3.8) is 0 Å². The summed E-state index contributed by atoms with van der Waals surface area (Å²) in [7, 11) is 0. The molecule has 2 atom stereocenters. The number of carbonyl (C=O) groups is 2. The molecule has 1 amide bonds. The highest BCUT2D eigenvalue weighted by atomic mass is 19.1. The average Bonchev–Trinajstić information content (AvgIpc) is 3.13. The summed E-state index contributed by atoms with van der Waals surface area (Å²) < 4.78 is 14.4. The van der Waals surface area contributed by atoms with Crippen LogP contribution in [-0.2, 0) is 4.79 Å². The number of benzene rings is 1. The SMILES string of the molecule is CC(=O)c1ccc(N2CCN(C(=O)C3C(C=C(C)C)C3(C)C)CC2)c(F)c1. The van der Waals surface area contributed by atoms with E-state index < -0.39 is 0 Å². The molecule has 0 radical (unpaired) electrons. The lowest BCUT2D eigenvalue weighted by molar-refractivity contribution is -0.133. The van der Waals surface area contributed by atoms with E-state index in [-0.39, 0.29) is 28.8 Å². The monoisotopic (exact) mass is 372 g/mol. The summed E-state index contributed by atoms with van der Waals surface area (Å²) in [6.45, 7) is 12.3. The molecular weight excluding hydrogens is 343 g/mol. The van der Waals surface area contributed by atoms with Gasteiger partial charge in [0.05, 0.1) is 11.6 Å². The van der Waals surface area contributed by atoms with Crippen LogP contribution in [0, 0.1) is 23.1 Å². The molecule has 1 aromatic carbocycles. The fraction of sp³-hybridized carbons (Fsp3) is 0.545. The zero-order valence-electron chi connectivity index (χ0n) is 16.9. The summed E-state index contributed by atoms with van der Waals surface area (Å²) in [4.78, 5) is 28.2. The van der Waals surface area contributed by atoms with Crippen LogP contribution in [0.1, 0.15) is 45.0 Å². The number of hydrogen-bond donors (Lipinski definition) is 0. The van der Waals surface area contributed by atoms with Gasteiger partial charge in [-0.1, -0.05) is 25.5 Å². The Kier molecular flexibility index (Phi) is 5.15. The number of allylic oxidation sites excluding steroid dienone is 2. The molecule has 2 aliphatic rings. The van der Waals surface area contributed by atoms with Crippen molar-refractivity contribution in [3.8, 4) is 0 Å². The van der Waals surface area contributed by atoms with Crippen molar-refractivity contribution in [2.45, 2.75) is 34.6 Å². The van der Waals surface area contributed by atoms with Crippen LogP contribution in [0.3, 0.4) is 0 Å². The number of Topliss-reactive ketones (excluding diaryl/α,β-unsaturated/α-hetero) is 1. The molecule has 1 aliphatic heterocycles. The molecule has 3 rings (SSSR count). The first-order valence-corrected chi connectivity index (χ1v) is 9.62. The quantitative estimate of drug-likeness (QED) is 0.594. The molecular formula is C22H29FN2O2. The van der Waals surface area contributed by atoms with Gasteiger partial charge in [0.25, 0.3) is 0 Å². The van der Waals surface area contributed by atoms with Crippen molar-refractivity contribution >= 4 is 17.4 Å². The number of nitrogens with zero attached hydrogens (tertiary/aromatic N) is 2. The highest BCUT2D eigenvalue weighted by Gasteiger charge is 2.61. The highest BCUT2D eigenvalue weighted by Crippen LogP contribution is 2.60. The van der Waals surface area contributed by atoms with E-state index in [1.54, 1.807) is 12.1 Å². The van der Waals surface area contributed by atoms with Crippen LogP contribution in [0.15, 0.2) is 29.8 Å². The number of ketones is 1. The molecule has 0 spiro atoms. The first-order valence-electron chi connectivity index (χ1n) is 9.62. The first-order chi connectivity index (χ1) is 12.6. The van der Waals surface area contributed by atoms with E-state index in [1.807, 2.05) is 9.80 Å². The molecule has 0 bridgehead atoms. The summed E-state index contributed by atoms with van der Waals surface area (Å²) in [5.74, 6) is 0.0490. The molecule has 1 saturated carbocycles. The van der Waals surface area contributed by atoms with Crippen molar-refractivity contribution in [1.82, 2.24) is 4.90 Å². The van der Waals surface area contributed by atoms with Gasteiger partial charge in [0.1, 0.15) is 5.82 Å². The topological polar surface area (TPSA) is 40.6 Å². The standard InChI is InChI=1S/C22H29FN2O2/c1-14(2)12-17-20(22(17,4)5)21(27)25-10-8-24(9-11-25)19-7-6-16(15(3)26)13-18(19)23/h6-7,12-13,17,20H,8-11H2,1-5H3. The van der Waals surface area contributed by atoms with Crippen molar-refractivity contribution in [3.05, 3.63) is 41.2 Å². The van der Waals surface area contributed by atoms with Crippen LogP contribution in [0.4, 0.5) is 10.1 Å². The third kappa shape index (κ3) is 3.78. The maximum atomic E-state index is 14.4. The van der Waals surface area contributed by atoms with Crippen LogP contribution in [0.2, 0.25) is 0 Å². The van der Waals surface area contributed by atoms with E-state index in [2.05, 4.69) is 33.8 Å². The minimum Gasteiger partial charge on any atom is -0.366 e. The highest BCUT2D eigenvalue weighted by molar-refractivity contribution is 5.94. The summed E-state index contributed by atoms with van der Waals surface area (Å²) in [5, 5.41) is 0. The Labute approximate surface area is 161 Å². The molecule has 1 aromatic rings. The molecule has 4 nitrogen and oxygen atoms in total. The second-order valence-electron chi connectivity index (χ2n) is 8.60. The Balaban J connectivity index is 1.63. The Morgan fingerprint density at radius 1 is 1.11 bits per heavy atom. The normalized spacial score (nSPS) is 23.8. The lowest BCUT2D eigenvalue weighted by Crippen LogP contribution is -2.49. The molecule has 5 heteroatoms. The first kappa shape index (κ1) is 19.6. The van der Waals surface area contributed by atoms with Gasteiger partial charge < -0.3 is 9.80 Å².